The summed E-state index contributed by atoms with van der Waals surface area (Å²) >= 11 is 0. The van der Waals surface area contributed by atoms with Gasteiger partial charge in [-0.15, -0.1) is 4.91 Å². The van der Waals surface area contributed by atoms with Gasteiger partial charge in [-0.2, -0.15) is 0 Å². The summed E-state index contributed by atoms with van der Waals surface area (Å²) in [6.45, 7) is 6.74. The van der Waals surface area contributed by atoms with Crippen molar-refractivity contribution in [1.29, 1.82) is 0 Å². The zero-order valence-electron chi connectivity index (χ0n) is 18.4. The van der Waals surface area contributed by atoms with E-state index in [1.54, 1.807) is 24.7 Å². The zero-order chi connectivity index (χ0) is 22.2. The number of aromatic nitrogens is 2. The molecule has 8 nitrogen and oxygen atoms in total. The molecule has 1 N–H and O–H groups in total. The molecular formula is C23H28N6O2. The van der Waals surface area contributed by atoms with Crippen LogP contribution in [0.1, 0.15) is 50.1 Å². The Kier molecular flexibility index (Phi) is 7.48. The summed E-state index contributed by atoms with van der Waals surface area (Å²) in [7, 11) is 1.88. The molecule has 31 heavy (non-hydrogen) atoms. The molecule has 2 aromatic heterocycles. The summed E-state index contributed by atoms with van der Waals surface area (Å²) in [5.41, 5.74) is 4.02. The molecule has 162 valence electrons. The molecular weight excluding hydrogens is 392 g/mol. The number of imidazole rings is 1. The maximum Gasteiger partial charge on any atom is 0.177 e. The molecule has 0 aliphatic heterocycles. The van der Waals surface area contributed by atoms with Gasteiger partial charge < -0.3 is 14.3 Å². The number of nitrogens with zero attached hydrogens (tertiary/aromatic N) is 5. The molecule has 3 rings (SSSR count). The van der Waals surface area contributed by atoms with E-state index in [1.807, 2.05) is 38.5 Å². The third-order valence-electron chi connectivity index (χ3n) is 4.94. The first kappa shape index (κ1) is 22.1. The van der Waals surface area contributed by atoms with Gasteiger partial charge in [0, 0.05) is 25.2 Å². The fourth-order valence-electron chi connectivity index (χ4n) is 3.21. The van der Waals surface area contributed by atoms with Gasteiger partial charge in [-0.25, -0.2) is 9.98 Å². The highest BCUT2D eigenvalue weighted by atomic mass is 16.3. The number of anilines is 1. The Balaban J connectivity index is 1.83. The summed E-state index contributed by atoms with van der Waals surface area (Å²) in [4.78, 5) is 24.7. The average molecular weight is 421 g/mol. The molecule has 0 saturated carbocycles. The smallest absolute Gasteiger partial charge is 0.177 e. The lowest BCUT2D eigenvalue weighted by Crippen LogP contribution is -2.10. The number of aryl methyl sites for hydroxylation is 1. The van der Waals surface area contributed by atoms with Crippen molar-refractivity contribution in [1.82, 2.24) is 9.55 Å². The van der Waals surface area contributed by atoms with E-state index in [0.717, 1.165) is 41.2 Å². The van der Waals surface area contributed by atoms with E-state index in [1.165, 1.54) is 0 Å². The number of amidine groups is 1. The van der Waals surface area contributed by atoms with Crippen LogP contribution in [-0.2, 0) is 6.42 Å². The topological polar surface area (TPSA) is 97.1 Å². The van der Waals surface area contributed by atoms with Crippen molar-refractivity contribution < 1.29 is 4.42 Å². The van der Waals surface area contributed by atoms with Gasteiger partial charge in [0.1, 0.15) is 17.2 Å². The number of hydrogen-bond donors (Lipinski definition) is 1. The lowest BCUT2D eigenvalue weighted by atomic mass is 10.1. The van der Waals surface area contributed by atoms with Crippen molar-refractivity contribution in [2.75, 3.05) is 18.9 Å². The van der Waals surface area contributed by atoms with Crippen LogP contribution in [0.5, 0.6) is 0 Å². The molecule has 1 aromatic carbocycles. The second-order valence-corrected chi connectivity index (χ2v) is 7.47. The highest BCUT2D eigenvalue weighted by Gasteiger charge is 2.17. The molecule has 8 heteroatoms. The van der Waals surface area contributed by atoms with Crippen molar-refractivity contribution in [2.45, 2.75) is 39.7 Å². The molecule has 3 aromatic rings. The van der Waals surface area contributed by atoms with Gasteiger partial charge in [0.25, 0.3) is 0 Å². The number of benzene rings is 1. The molecule has 0 radical (unpaired) electrons. The van der Waals surface area contributed by atoms with E-state index in [-0.39, 0.29) is 6.04 Å². The Labute approximate surface area is 182 Å². The van der Waals surface area contributed by atoms with E-state index in [2.05, 4.69) is 33.9 Å². The third-order valence-corrected chi connectivity index (χ3v) is 4.94. The van der Waals surface area contributed by atoms with Crippen LogP contribution in [-0.4, -0.2) is 34.7 Å². The van der Waals surface area contributed by atoms with Crippen LogP contribution in [0.4, 0.5) is 11.5 Å². The first-order valence-corrected chi connectivity index (χ1v) is 10.3. The number of furan rings is 1. The normalized spacial score (nSPS) is 12.4. The number of aliphatic imine (C=N–C) groups is 2. The fraction of sp³-hybridized carbons (Fsp3) is 0.348. The minimum atomic E-state index is 0.257. The van der Waals surface area contributed by atoms with Crippen LogP contribution in [0, 0.1) is 4.91 Å². The van der Waals surface area contributed by atoms with Crippen molar-refractivity contribution in [2.24, 2.45) is 15.2 Å². The standard InChI is InChI=1S/C23H28N6O2/c1-16(2)29-15-26-21(23(29)24-4)22(27-17(3)19-11-13-31-14-19)25-12-5-6-18-7-9-20(28-30)10-8-18/h7-11,13-16,24H,5-6,12H2,1-4H3. The van der Waals surface area contributed by atoms with Gasteiger partial charge in [-0.05, 0) is 62.6 Å². The predicted octanol–water partition coefficient (Wildman–Crippen LogP) is 5.39. The Morgan fingerprint density at radius 3 is 2.61 bits per heavy atom. The molecule has 0 aliphatic carbocycles. The van der Waals surface area contributed by atoms with Crippen molar-refractivity contribution in [3.8, 4) is 0 Å². The molecule has 0 spiro atoms. The van der Waals surface area contributed by atoms with Gasteiger partial charge in [-0.1, -0.05) is 12.1 Å². The zero-order valence-corrected chi connectivity index (χ0v) is 18.4. The molecule has 0 fully saturated rings. The van der Waals surface area contributed by atoms with E-state index in [9.17, 15) is 4.91 Å². The lowest BCUT2D eigenvalue weighted by Gasteiger charge is -2.12. The number of nitrogens with one attached hydrogen (secondary N) is 1. The Morgan fingerprint density at radius 2 is 2.00 bits per heavy atom. The summed E-state index contributed by atoms with van der Waals surface area (Å²) in [5.74, 6) is 1.47. The van der Waals surface area contributed by atoms with Gasteiger partial charge in [0.05, 0.1) is 24.6 Å². The van der Waals surface area contributed by atoms with E-state index < -0.39 is 0 Å². The SMILES string of the molecule is CNc1c(C(N=C(C)c2ccoc2)=NCCCc2ccc(N=O)cc2)ncn1C(C)C. The number of nitroso groups, excluding NO2 is 1. The third kappa shape index (κ3) is 5.53. The quantitative estimate of drug-likeness (QED) is 0.217. The Morgan fingerprint density at radius 1 is 1.23 bits per heavy atom. The monoisotopic (exact) mass is 420 g/mol. The lowest BCUT2D eigenvalue weighted by molar-refractivity contribution is 0.567. The Hall–Kier alpha value is -3.55. The van der Waals surface area contributed by atoms with Crippen molar-refractivity contribution >= 4 is 23.1 Å². The summed E-state index contributed by atoms with van der Waals surface area (Å²) in [5, 5.41) is 6.17. The van der Waals surface area contributed by atoms with Gasteiger partial charge >= 0.3 is 0 Å². The summed E-state index contributed by atoms with van der Waals surface area (Å²) < 4.78 is 7.25. The summed E-state index contributed by atoms with van der Waals surface area (Å²) in [6, 6.07) is 9.44. The van der Waals surface area contributed by atoms with Gasteiger partial charge in [0.15, 0.2) is 5.84 Å². The molecule has 0 aliphatic rings. The molecule has 2 heterocycles. The van der Waals surface area contributed by atoms with Crippen LogP contribution < -0.4 is 5.32 Å². The first-order chi connectivity index (χ1) is 15.0. The molecule has 0 saturated heterocycles. The minimum absolute atomic E-state index is 0.257. The minimum Gasteiger partial charge on any atom is -0.472 e. The summed E-state index contributed by atoms with van der Waals surface area (Å²) in [6.07, 6.45) is 6.80. The average Bonchev–Trinajstić information content (AvgIpc) is 3.46. The predicted molar refractivity (Wildman–Crippen MR) is 125 cm³/mol. The molecule has 0 bridgehead atoms. The van der Waals surface area contributed by atoms with Crippen LogP contribution in [0.25, 0.3) is 0 Å². The largest absolute Gasteiger partial charge is 0.472 e. The number of hydrogen-bond acceptors (Lipinski definition) is 6. The Bertz CT molecular complexity index is 1050. The second kappa shape index (κ2) is 10.5. The highest BCUT2D eigenvalue weighted by molar-refractivity contribution is 6.12. The van der Waals surface area contributed by atoms with Crippen LogP contribution in [0.15, 0.2) is 68.8 Å². The fourth-order valence-corrected chi connectivity index (χ4v) is 3.21. The first-order valence-electron chi connectivity index (χ1n) is 10.3. The van der Waals surface area contributed by atoms with Gasteiger partial charge in [-0.3, -0.25) is 4.99 Å². The van der Waals surface area contributed by atoms with Crippen LogP contribution >= 0.6 is 0 Å². The van der Waals surface area contributed by atoms with Crippen LogP contribution in [0.3, 0.4) is 0 Å². The van der Waals surface area contributed by atoms with E-state index in [4.69, 9.17) is 14.4 Å². The highest BCUT2D eigenvalue weighted by Crippen LogP contribution is 2.21. The molecule has 0 amide bonds. The molecule has 0 unspecified atom stereocenters. The molecule has 0 atom stereocenters. The second-order valence-electron chi connectivity index (χ2n) is 7.47. The maximum absolute atomic E-state index is 10.6. The van der Waals surface area contributed by atoms with Crippen LogP contribution in [0.2, 0.25) is 0 Å². The van der Waals surface area contributed by atoms with E-state index in [0.29, 0.717) is 18.1 Å². The van der Waals surface area contributed by atoms with Crippen molar-refractivity contribution in [3.63, 3.8) is 0 Å². The van der Waals surface area contributed by atoms with Crippen molar-refractivity contribution in [3.05, 3.63) is 70.9 Å². The maximum atomic E-state index is 10.6. The number of rotatable bonds is 9. The van der Waals surface area contributed by atoms with Gasteiger partial charge in [0.2, 0.25) is 0 Å². The van der Waals surface area contributed by atoms with E-state index >= 15 is 0 Å².